The Balaban J connectivity index is 1.64. The van der Waals surface area contributed by atoms with Crippen LogP contribution in [0.15, 0.2) is 24.3 Å². The molecule has 2 aliphatic rings. The smallest absolute Gasteiger partial charge is 0.245 e. The highest BCUT2D eigenvalue weighted by Gasteiger charge is 2.42. The zero-order valence-electron chi connectivity index (χ0n) is 22.4. The normalized spacial score (nSPS) is 23.3. The number of carbonyl (C=O) groups excluding carboxylic acids is 3. The number of hydrogen-bond donors (Lipinski definition) is 1. The number of piperidine rings is 1. The molecular weight excluding hydrogens is 462 g/mol. The third kappa shape index (κ3) is 6.38. The fraction of sp³-hybridized carbons (Fsp3) is 0.679. The minimum absolute atomic E-state index is 0.0170. The number of carbonyl (C=O) groups is 3. The van der Waals surface area contributed by atoms with Crippen LogP contribution < -0.4 is 5.32 Å². The summed E-state index contributed by atoms with van der Waals surface area (Å²) in [5, 5.41) is 3.77. The number of benzene rings is 1. The van der Waals surface area contributed by atoms with Gasteiger partial charge in [-0.3, -0.25) is 14.4 Å². The van der Waals surface area contributed by atoms with Crippen LogP contribution in [0.1, 0.15) is 72.8 Å². The fourth-order valence-electron chi connectivity index (χ4n) is 5.47. The summed E-state index contributed by atoms with van der Waals surface area (Å²) >= 11 is 6.08. The molecule has 1 aromatic carbocycles. The maximum absolute atomic E-state index is 13.6. The Morgan fingerprint density at radius 1 is 1.03 bits per heavy atom. The first-order valence-corrected chi connectivity index (χ1v) is 13.2. The van der Waals surface area contributed by atoms with E-state index in [0.29, 0.717) is 38.5 Å². The van der Waals surface area contributed by atoms with Crippen LogP contribution in [0.5, 0.6) is 0 Å². The van der Waals surface area contributed by atoms with E-state index in [2.05, 4.69) is 31.3 Å². The van der Waals surface area contributed by atoms with Crippen LogP contribution in [0.25, 0.3) is 0 Å². The van der Waals surface area contributed by atoms with Gasteiger partial charge in [0.15, 0.2) is 0 Å². The third-order valence-corrected chi connectivity index (χ3v) is 7.78. The summed E-state index contributed by atoms with van der Waals surface area (Å²) in [5.74, 6) is -0.0522. The lowest BCUT2D eigenvalue weighted by molar-refractivity contribution is -0.142. The maximum Gasteiger partial charge on any atom is 0.245 e. The molecule has 0 bridgehead atoms. The molecule has 3 atom stereocenters. The second kappa shape index (κ2) is 10.5. The van der Waals surface area contributed by atoms with E-state index in [1.165, 1.54) is 5.56 Å². The van der Waals surface area contributed by atoms with Crippen molar-refractivity contribution in [3.63, 3.8) is 0 Å². The van der Waals surface area contributed by atoms with Crippen LogP contribution in [0.3, 0.4) is 0 Å². The van der Waals surface area contributed by atoms with E-state index in [0.717, 1.165) is 11.4 Å². The second-order valence-corrected chi connectivity index (χ2v) is 12.8. The molecule has 3 amide bonds. The highest BCUT2D eigenvalue weighted by Crippen LogP contribution is 2.42. The van der Waals surface area contributed by atoms with Crippen molar-refractivity contribution in [3.8, 4) is 0 Å². The predicted octanol–water partition coefficient (Wildman–Crippen LogP) is 4.72. The summed E-state index contributed by atoms with van der Waals surface area (Å²) in [6.07, 6.45) is 1.50. The fourth-order valence-corrected chi connectivity index (χ4v) is 5.60. The van der Waals surface area contributed by atoms with Crippen molar-refractivity contribution in [3.05, 3.63) is 34.9 Å². The maximum atomic E-state index is 13.6. The SMILES string of the molecule is CC(C)[C@@H](NC(=O)[C@@H]1CCN(C(=O)C(C)(C)C)C1)C(=O)N1CC[C@H](c2ccc(Cl)cc2)C(C)(C)C1. The zero-order chi connectivity index (χ0) is 26.1. The molecule has 0 spiro atoms. The van der Waals surface area contributed by atoms with Gasteiger partial charge < -0.3 is 15.1 Å². The Hall–Kier alpha value is -2.08. The molecule has 2 aliphatic heterocycles. The van der Waals surface area contributed by atoms with Crippen LogP contribution in [0.2, 0.25) is 5.02 Å². The van der Waals surface area contributed by atoms with E-state index in [1.54, 1.807) is 4.90 Å². The van der Waals surface area contributed by atoms with Crippen LogP contribution in [-0.2, 0) is 14.4 Å². The Morgan fingerprint density at radius 2 is 1.63 bits per heavy atom. The van der Waals surface area contributed by atoms with Crippen LogP contribution in [-0.4, -0.2) is 59.7 Å². The third-order valence-electron chi connectivity index (χ3n) is 7.53. The molecule has 0 unspecified atom stereocenters. The molecule has 1 aromatic rings. The van der Waals surface area contributed by atoms with Gasteiger partial charge in [0.2, 0.25) is 17.7 Å². The minimum atomic E-state index is -0.572. The van der Waals surface area contributed by atoms with Gasteiger partial charge in [0.25, 0.3) is 0 Å². The van der Waals surface area contributed by atoms with Gasteiger partial charge >= 0.3 is 0 Å². The Bertz CT molecular complexity index is 936. The van der Waals surface area contributed by atoms with Crippen LogP contribution >= 0.6 is 11.6 Å². The number of hydrogen-bond acceptors (Lipinski definition) is 3. The molecule has 0 radical (unpaired) electrons. The first-order valence-electron chi connectivity index (χ1n) is 12.8. The van der Waals surface area contributed by atoms with Gasteiger partial charge in [-0.15, -0.1) is 0 Å². The van der Waals surface area contributed by atoms with E-state index in [4.69, 9.17) is 11.6 Å². The quantitative estimate of drug-likeness (QED) is 0.632. The van der Waals surface area contributed by atoms with E-state index in [1.807, 2.05) is 51.7 Å². The molecule has 2 heterocycles. The number of rotatable bonds is 5. The van der Waals surface area contributed by atoms with Gasteiger partial charge in [0.05, 0.1) is 5.92 Å². The molecule has 0 aliphatic carbocycles. The highest BCUT2D eigenvalue weighted by molar-refractivity contribution is 6.30. The zero-order valence-corrected chi connectivity index (χ0v) is 23.1. The summed E-state index contributed by atoms with van der Waals surface area (Å²) < 4.78 is 0. The van der Waals surface area contributed by atoms with Gasteiger partial charge in [-0.1, -0.05) is 72.2 Å². The van der Waals surface area contributed by atoms with E-state index < -0.39 is 11.5 Å². The van der Waals surface area contributed by atoms with Gasteiger partial charge in [0.1, 0.15) is 6.04 Å². The van der Waals surface area contributed by atoms with Crippen molar-refractivity contribution in [1.29, 1.82) is 0 Å². The number of nitrogens with zero attached hydrogens (tertiary/aromatic N) is 2. The molecule has 7 heteroatoms. The molecule has 35 heavy (non-hydrogen) atoms. The first kappa shape index (κ1) is 27.5. The molecule has 2 fully saturated rings. The van der Waals surface area contributed by atoms with Gasteiger partial charge in [-0.05, 0) is 47.8 Å². The van der Waals surface area contributed by atoms with Crippen LogP contribution in [0.4, 0.5) is 0 Å². The van der Waals surface area contributed by atoms with Gasteiger partial charge in [-0.25, -0.2) is 0 Å². The number of halogens is 1. The monoisotopic (exact) mass is 503 g/mol. The minimum Gasteiger partial charge on any atom is -0.344 e. The van der Waals surface area contributed by atoms with E-state index in [9.17, 15) is 14.4 Å². The van der Waals surface area contributed by atoms with Crippen molar-refractivity contribution in [2.75, 3.05) is 26.2 Å². The summed E-state index contributed by atoms with van der Waals surface area (Å²) in [4.78, 5) is 43.0. The van der Waals surface area contributed by atoms with E-state index >= 15 is 0 Å². The molecule has 194 valence electrons. The molecule has 2 saturated heterocycles. The van der Waals surface area contributed by atoms with Crippen molar-refractivity contribution in [2.24, 2.45) is 22.7 Å². The summed E-state index contributed by atoms with van der Waals surface area (Å²) in [7, 11) is 0. The predicted molar refractivity (Wildman–Crippen MR) is 140 cm³/mol. The standard InChI is InChI=1S/C28H42ClN3O3/c1-18(2)23(30-24(33)20-12-14-31(16-20)26(35)27(3,4)5)25(34)32-15-13-22(28(6,7)17-32)19-8-10-21(29)11-9-19/h8-11,18,20,22-23H,12-17H2,1-7H3,(H,30,33)/t20-,22-,23-/m1/s1. The molecular formula is C28H42ClN3O3. The van der Waals surface area contributed by atoms with Crippen molar-refractivity contribution in [2.45, 2.75) is 73.3 Å². The second-order valence-electron chi connectivity index (χ2n) is 12.4. The number of nitrogens with one attached hydrogen (secondary N) is 1. The van der Waals surface area contributed by atoms with Crippen molar-refractivity contribution in [1.82, 2.24) is 15.1 Å². The summed E-state index contributed by atoms with van der Waals surface area (Å²) in [5.41, 5.74) is 0.676. The Labute approximate surface area is 215 Å². The average Bonchev–Trinajstić information content (AvgIpc) is 3.26. The van der Waals surface area contributed by atoms with E-state index in [-0.39, 0.29) is 35.0 Å². The summed E-state index contributed by atoms with van der Waals surface area (Å²) in [6.45, 7) is 16.3. The lowest BCUT2D eigenvalue weighted by Crippen LogP contribution is -2.56. The van der Waals surface area contributed by atoms with Crippen LogP contribution in [0, 0.1) is 22.7 Å². The van der Waals surface area contributed by atoms with Gasteiger partial charge in [-0.2, -0.15) is 0 Å². The average molecular weight is 504 g/mol. The first-order chi connectivity index (χ1) is 16.2. The van der Waals surface area contributed by atoms with Gasteiger partial charge in [0, 0.05) is 36.6 Å². The number of amides is 3. The highest BCUT2D eigenvalue weighted by atomic mass is 35.5. The molecule has 0 saturated carbocycles. The topological polar surface area (TPSA) is 69.7 Å². The Kier molecular flexibility index (Phi) is 8.25. The largest absolute Gasteiger partial charge is 0.344 e. The molecule has 3 rings (SSSR count). The molecule has 1 N–H and O–H groups in total. The lowest BCUT2D eigenvalue weighted by Gasteiger charge is -2.45. The van der Waals surface area contributed by atoms with Crippen molar-refractivity contribution >= 4 is 29.3 Å². The number of likely N-dealkylation sites (tertiary alicyclic amines) is 2. The molecule has 6 nitrogen and oxygen atoms in total. The molecule has 0 aromatic heterocycles. The summed E-state index contributed by atoms with van der Waals surface area (Å²) in [6, 6.07) is 7.44. The Morgan fingerprint density at radius 3 is 2.17 bits per heavy atom. The van der Waals surface area contributed by atoms with Crippen molar-refractivity contribution < 1.29 is 14.4 Å². The lowest BCUT2D eigenvalue weighted by atomic mass is 9.70.